The Morgan fingerprint density at radius 3 is 2.78 bits per heavy atom. The lowest BCUT2D eigenvalue weighted by Gasteiger charge is -2.45. The van der Waals surface area contributed by atoms with Crippen molar-refractivity contribution in [2.24, 2.45) is 17.8 Å². The van der Waals surface area contributed by atoms with E-state index in [4.69, 9.17) is 16.3 Å². The lowest BCUT2D eigenvalue weighted by Crippen LogP contribution is -2.48. The molecule has 2 bridgehead atoms. The van der Waals surface area contributed by atoms with Crippen LogP contribution >= 0.6 is 11.6 Å². The number of aryl methyl sites for hydroxylation is 1. The minimum absolute atomic E-state index is 0.0924. The summed E-state index contributed by atoms with van der Waals surface area (Å²) in [6.07, 6.45) is 10.5. The third kappa shape index (κ3) is 5.34. The predicted octanol–water partition coefficient (Wildman–Crippen LogP) is 6.74. The molecule has 1 unspecified atom stereocenters. The summed E-state index contributed by atoms with van der Waals surface area (Å²) in [6, 6.07) is 11.9. The molecule has 1 saturated carbocycles. The van der Waals surface area contributed by atoms with Crippen LogP contribution in [0.4, 0.5) is 5.69 Å². The molecule has 1 spiro atoms. The van der Waals surface area contributed by atoms with Crippen molar-refractivity contribution in [2.75, 3.05) is 24.6 Å². The summed E-state index contributed by atoms with van der Waals surface area (Å²) in [5, 5.41) is 0.489. The summed E-state index contributed by atoms with van der Waals surface area (Å²) in [5.41, 5.74) is 5.02. The minimum Gasteiger partial charge on any atom is -0.490 e. The van der Waals surface area contributed by atoms with Crippen LogP contribution in [0.25, 0.3) is 0 Å². The van der Waals surface area contributed by atoms with Crippen LogP contribution in [0.3, 0.4) is 0 Å². The number of allylic oxidation sites excluding steroid dienone is 3. The van der Waals surface area contributed by atoms with Crippen molar-refractivity contribution >= 4 is 38.8 Å². The van der Waals surface area contributed by atoms with Crippen LogP contribution in [0, 0.1) is 17.8 Å². The molecule has 41 heavy (non-hydrogen) atoms. The van der Waals surface area contributed by atoms with Gasteiger partial charge in [0.05, 0.1) is 22.0 Å². The van der Waals surface area contributed by atoms with Gasteiger partial charge in [-0.2, -0.15) is 0 Å². The number of hydrogen-bond acceptors (Lipinski definition) is 4. The second-order valence-electron chi connectivity index (χ2n) is 12.8. The third-order valence-corrected chi connectivity index (χ3v) is 12.6. The summed E-state index contributed by atoms with van der Waals surface area (Å²) in [5.74, 6) is 5.39. The summed E-state index contributed by atoms with van der Waals surface area (Å²) < 4.78 is 23.0. The fourth-order valence-electron chi connectivity index (χ4n) is 7.25. The fourth-order valence-corrected chi connectivity index (χ4v) is 8.92. The van der Waals surface area contributed by atoms with E-state index in [0.717, 1.165) is 68.1 Å². The molecule has 0 saturated heterocycles. The summed E-state index contributed by atoms with van der Waals surface area (Å²) in [7, 11) is -2.87. The van der Waals surface area contributed by atoms with Crippen molar-refractivity contribution in [3.05, 3.63) is 82.4 Å². The van der Waals surface area contributed by atoms with E-state index in [-0.39, 0.29) is 22.5 Å². The molecular formula is C34H41ClN2O3S. The zero-order chi connectivity index (χ0) is 28.9. The summed E-state index contributed by atoms with van der Waals surface area (Å²) >= 11 is 6.41. The van der Waals surface area contributed by atoms with Crippen LogP contribution in [0.15, 0.2) is 60.7 Å². The van der Waals surface area contributed by atoms with Gasteiger partial charge in [0.1, 0.15) is 5.75 Å². The van der Waals surface area contributed by atoms with Gasteiger partial charge >= 0.3 is 0 Å². The number of nitrogens with zero attached hydrogens (tertiary/aromatic N) is 1. The first kappa shape index (κ1) is 28.4. The number of halogens is 1. The highest BCUT2D eigenvalue weighted by atomic mass is 35.5. The number of hydrogen-bond donors (Lipinski definition) is 1. The number of amides is 1. The Morgan fingerprint density at radius 2 is 2.00 bits per heavy atom. The van der Waals surface area contributed by atoms with Gasteiger partial charge in [-0.05, 0) is 111 Å². The van der Waals surface area contributed by atoms with Gasteiger partial charge in [0, 0.05) is 34.3 Å². The van der Waals surface area contributed by atoms with Crippen molar-refractivity contribution in [3.8, 4) is 5.75 Å². The average molecular weight is 593 g/mol. The normalized spacial score (nSPS) is 34.4. The molecule has 7 heteroatoms. The van der Waals surface area contributed by atoms with E-state index in [1.165, 1.54) is 16.7 Å². The molecule has 4 aliphatic rings. The van der Waals surface area contributed by atoms with Crippen molar-refractivity contribution < 1.29 is 13.7 Å². The standard InChI is InChI=1S/C34H41ClN2O3S/c1-22-7-5-8-23(2)29-13-10-27(29)19-37-20-34(16-6-9-25-17-28(35)12-14-30(25)34)21-40-32-15-11-26(18-31(32)37)33(38)36-41(4,39)24(22)3/h5,8,11-12,14-15,17-18,22,24,27,29H,2,4,6-7,9-10,13,16,19-21H2,1,3H3,(H,36,38,39)/b8-5+/t22-,24+,27-,29-,34-,41?/m0/s1. The number of carbonyl (C=O) groups excluding carboxylic acids is 1. The van der Waals surface area contributed by atoms with Crippen LogP contribution in [-0.2, 0) is 21.5 Å². The quantitative estimate of drug-likeness (QED) is 0.344. The highest BCUT2D eigenvalue weighted by Gasteiger charge is 2.43. The average Bonchev–Trinajstić information content (AvgIpc) is 3.06. The second kappa shape index (κ2) is 10.9. The maximum Gasteiger partial charge on any atom is 0.262 e. The molecule has 2 aromatic carbocycles. The van der Waals surface area contributed by atoms with E-state index in [9.17, 15) is 9.00 Å². The molecule has 218 valence electrons. The molecule has 0 aromatic heterocycles. The molecular weight excluding hydrogens is 552 g/mol. The Morgan fingerprint density at radius 1 is 1.17 bits per heavy atom. The molecule has 5 nitrogen and oxygen atoms in total. The van der Waals surface area contributed by atoms with Crippen LogP contribution in [-0.4, -0.2) is 40.9 Å². The largest absolute Gasteiger partial charge is 0.490 e. The molecule has 6 atom stereocenters. The van der Waals surface area contributed by atoms with Gasteiger partial charge in [-0.3, -0.25) is 9.52 Å². The van der Waals surface area contributed by atoms with E-state index >= 15 is 0 Å². The second-order valence-corrected chi connectivity index (χ2v) is 15.6. The molecule has 2 aliphatic carbocycles. The first-order chi connectivity index (χ1) is 19.6. The van der Waals surface area contributed by atoms with E-state index < -0.39 is 9.71 Å². The molecule has 2 aliphatic heterocycles. The van der Waals surface area contributed by atoms with Crippen molar-refractivity contribution in [1.82, 2.24) is 4.72 Å². The van der Waals surface area contributed by atoms with Gasteiger partial charge in [-0.1, -0.05) is 48.9 Å². The Labute approximate surface area is 250 Å². The van der Waals surface area contributed by atoms with E-state index in [1.54, 1.807) is 6.07 Å². The lowest BCUT2D eigenvalue weighted by atomic mass is 9.68. The van der Waals surface area contributed by atoms with Crippen LogP contribution < -0.4 is 14.4 Å². The topological polar surface area (TPSA) is 58.6 Å². The molecule has 1 N–H and O–H groups in total. The molecule has 0 radical (unpaired) electrons. The first-order valence-electron chi connectivity index (χ1n) is 14.9. The smallest absolute Gasteiger partial charge is 0.262 e. The Hall–Kier alpha value is -2.70. The summed E-state index contributed by atoms with van der Waals surface area (Å²) in [4.78, 5) is 15.9. The lowest BCUT2D eigenvalue weighted by molar-refractivity contribution is 0.0982. The molecule has 2 heterocycles. The van der Waals surface area contributed by atoms with Crippen molar-refractivity contribution in [2.45, 2.75) is 63.0 Å². The summed E-state index contributed by atoms with van der Waals surface area (Å²) in [6.45, 7) is 10.7. The molecule has 1 fully saturated rings. The fraction of sp³-hybridized carbons (Fsp3) is 0.471. The number of carbonyl (C=O) groups is 1. The number of rotatable bonds is 0. The SMILES string of the molecule is C=C1/C=C/C[C@H](C)[C@@H](C)S(=C)(=O)NC(=O)c2ccc3c(c2)N(C[C@@H]2CC[C@@H]12)C[C@@]1(CCCc2cc(Cl)ccc21)CO3. The van der Waals surface area contributed by atoms with Crippen LogP contribution in [0.1, 0.15) is 67.4 Å². The predicted molar refractivity (Wildman–Crippen MR) is 171 cm³/mol. The Bertz CT molecular complexity index is 1520. The van der Waals surface area contributed by atoms with Gasteiger partial charge in [0.25, 0.3) is 5.91 Å². The number of ether oxygens (including phenoxy) is 1. The zero-order valence-electron chi connectivity index (χ0n) is 24.2. The van der Waals surface area contributed by atoms with Crippen molar-refractivity contribution in [3.63, 3.8) is 0 Å². The number of nitrogens with one attached hydrogen (secondary N) is 1. The van der Waals surface area contributed by atoms with Crippen LogP contribution in [0.2, 0.25) is 5.02 Å². The van der Waals surface area contributed by atoms with E-state index in [1.807, 2.05) is 25.1 Å². The number of fused-ring (bicyclic) bond motifs is 4. The maximum atomic E-state index is 13.6. The van der Waals surface area contributed by atoms with Gasteiger partial charge < -0.3 is 9.64 Å². The minimum atomic E-state index is -2.87. The maximum absolute atomic E-state index is 13.6. The third-order valence-electron chi connectivity index (χ3n) is 10.2. The number of benzene rings is 2. The number of anilines is 1. The van der Waals surface area contributed by atoms with E-state index in [0.29, 0.717) is 24.0 Å². The monoisotopic (exact) mass is 592 g/mol. The highest BCUT2D eigenvalue weighted by molar-refractivity contribution is 7.99. The van der Waals surface area contributed by atoms with Crippen molar-refractivity contribution in [1.29, 1.82) is 0 Å². The highest BCUT2D eigenvalue weighted by Crippen LogP contribution is 2.47. The van der Waals surface area contributed by atoms with Gasteiger partial charge in [-0.25, -0.2) is 4.21 Å². The van der Waals surface area contributed by atoms with Gasteiger partial charge in [-0.15, -0.1) is 0 Å². The molecule has 6 rings (SSSR count). The Kier molecular flexibility index (Phi) is 7.52. The first-order valence-corrected chi connectivity index (χ1v) is 17.1. The molecule has 2 aromatic rings. The van der Waals surface area contributed by atoms with Gasteiger partial charge in [0.2, 0.25) is 0 Å². The van der Waals surface area contributed by atoms with Crippen LogP contribution in [0.5, 0.6) is 5.75 Å². The zero-order valence-corrected chi connectivity index (χ0v) is 25.7. The Balaban J connectivity index is 1.43. The van der Waals surface area contributed by atoms with Gasteiger partial charge in [0.15, 0.2) is 0 Å². The molecule has 1 amide bonds. The van der Waals surface area contributed by atoms with E-state index in [2.05, 4.69) is 53.3 Å².